The zero-order chi connectivity index (χ0) is 21.8. The fraction of sp³-hybridized carbons (Fsp3) is 0.435. The quantitative estimate of drug-likeness (QED) is 0.838. The molecule has 0 fully saturated rings. The van der Waals surface area contributed by atoms with Crippen LogP contribution in [0.2, 0.25) is 0 Å². The second-order valence-electron chi connectivity index (χ2n) is 9.26. The van der Waals surface area contributed by atoms with E-state index in [2.05, 4.69) is 13.8 Å². The second kappa shape index (κ2) is 6.72. The van der Waals surface area contributed by atoms with Crippen LogP contribution in [0.4, 0.5) is 0 Å². The summed E-state index contributed by atoms with van der Waals surface area (Å²) in [5.74, 6) is 0.912. The van der Waals surface area contributed by atoms with Crippen LogP contribution in [0.25, 0.3) is 0 Å². The smallest absolute Gasteiger partial charge is 0.251 e. The number of nitrogens with zero attached hydrogens (tertiary/aromatic N) is 2. The van der Waals surface area contributed by atoms with Crippen LogP contribution >= 0.6 is 0 Å². The van der Waals surface area contributed by atoms with Gasteiger partial charge in [-0.2, -0.15) is 0 Å². The zero-order valence-electron chi connectivity index (χ0n) is 18.0. The first kappa shape index (κ1) is 20.2. The Kier molecular flexibility index (Phi) is 4.52. The van der Waals surface area contributed by atoms with E-state index in [1.54, 1.807) is 13.3 Å². The molecule has 1 aromatic carbocycles. The topological polar surface area (TPSA) is 95.9 Å². The SMILES string of the molecule is COc1cc2c(c3c1OC(C)(C)C3)C(c1ccn(CC(N)=O)c(=O)c1)=NC(C)(C)C2. The lowest BCUT2D eigenvalue weighted by molar-refractivity contribution is -0.118. The molecule has 0 unspecified atom stereocenters. The first-order valence-corrected chi connectivity index (χ1v) is 10.0. The highest BCUT2D eigenvalue weighted by atomic mass is 16.5. The molecular formula is C23H27N3O4. The van der Waals surface area contributed by atoms with E-state index in [-0.39, 0.29) is 23.2 Å². The minimum atomic E-state index is -0.560. The molecule has 2 aromatic rings. The van der Waals surface area contributed by atoms with E-state index in [1.807, 2.05) is 26.0 Å². The molecule has 2 aliphatic rings. The number of benzene rings is 1. The van der Waals surface area contributed by atoms with Crippen molar-refractivity contribution in [1.29, 1.82) is 0 Å². The third-order valence-electron chi connectivity index (χ3n) is 5.50. The van der Waals surface area contributed by atoms with Gasteiger partial charge < -0.3 is 19.8 Å². The predicted molar refractivity (Wildman–Crippen MR) is 115 cm³/mol. The van der Waals surface area contributed by atoms with Crippen LogP contribution < -0.4 is 20.8 Å². The summed E-state index contributed by atoms with van der Waals surface area (Å²) in [7, 11) is 1.65. The van der Waals surface area contributed by atoms with Crippen molar-refractivity contribution in [3.05, 3.63) is 57.0 Å². The summed E-state index contributed by atoms with van der Waals surface area (Å²) in [5, 5.41) is 0. The molecule has 30 heavy (non-hydrogen) atoms. The molecular weight excluding hydrogens is 382 g/mol. The summed E-state index contributed by atoms with van der Waals surface area (Å²) in [6.45, 7) is 8.10. The molecule has 0 radical (unpaired) electrons. The molecule has 0 spiro atoms. The van der Waals surface area contributed by atoms with Crippen molar-refractivity contribution in [3.63, 3.8) is 0 Å². The van der Waals surface area contributed by atoms with Gasteiger partial charge in [0.15, 0.2) is 11.5 Å². The fourth-order valence-electron chi connectivity index (χ4n) is 4.38. The lowest BCUT2D eigenvalue weighted by atomic mass is 9.81. The number of primary amides is 1. The number of amides is 1. The van der Waals surface area contributed by atoms with Crippen LogP contribution in [0.15, 0.2) is 34.2 Å². The van der Waals surface area contributed by atoms with Crippen molar-refractivity contribution < 1.29 is 14.3 Å². The Morgan fingerprint density at radius 1 is 1.27 bits per heavy atom. The summed E-state index contributed by atoms with van der Waals surface area (Å²) >= 11 is 0. The third kappa shape index (κ3) is 3.49. The minimum Gasteiger partial charge on any atom is -0.493 e. The van der Waals surface area contributed by atoms with Crippen LogP contribution in [0.1, 0.15) is 49.9 Å². The third-order valence-corrected chi connectivity index (χ3v) is 5.50. The van der Waals surface area contributed by atoms with Gasteiger partial charge in [0.05, 0.1) is 18.4 Å². The summed E-state index contributed by atoms with van der Waals surface area (Å²) < 4.78 is 13.1. The normalized spacial score (nSPS) is 18.1. The first-order valence-electron chi connectivity index (χ1n) is 10.0. The lowest BCUT2D eigenvalue weighted by Gasteiger charge is -2.31. The van der Waals surface area contributed by atoms with E-state index >= 15 is 0 Å². The van der Waals surface area contributed by atoms with Crippen LogP contribution in [-0.4, -0.2) is 34.4 Å². The number of carbonyl (C=O) groups excluding carboxylic acids is 1. The molecule has 0 saturated carbocycles. The van der Waals surface area contributed by atoms with Crippen LogP contribution in [-0.2, 0) is 24.2 Å². The average molecular weight is 409 g/mol. The largest absolute Gasteiger partial charge is 0.493 e. The number of rotatable bonds is 4. The number of hydrogen-bond donors (Lipinski definition) is 1. The molecule has 7 nitrogen and oxygen atoms in total. The maximum absolute atomic E-state index is 12.6. The summed E-state index contributed by atoms with van der Waals surface area (Å²) in [5.41, 5.74) is 8.95. The summed E-state index contributed by atoms with van der Waals surface area (Å²) in [6, 6.07) is 5.36. The second-order valence-corrected chi connectivity index (χ2v) is 9.26. The highest BCUT2D eigenvalue weighted by Gasteiger charge is 2.39. The number of nitrogens with two attached hydrogens (primary N) is 1. The van der Waals surface area contributed by atoms with Gasteiger partial charge in [0, 0.05) is 35.4 Å². The van der Waals surface area contributed by atoms with E-state index in [0.717, 1.165) is 46.7 Å². The van der Waals surface area contributed by atoms with E-state index < -0.39 is 5.91 Å². The number of fused-ring (bicyclic) bond motifs is 3. The monoisotopic (exact) mass is 409 g/mol. The van der Waals surface area contributed by atoms with Crippen LogP contribution in [0.5, 0.6) is 11.5 Å². The standard InChI is InChI=1S/C23H27N3O4/c1-22(2)10-14-8-16(29-5)21-15(11-23(3,4)30-21)19(14)20(25-22)13-6-7-26(12-17(24)27)18(28)9-13/h6-9H,10-12H2,1-5H3,(H2,24,27). The van der Waals surface area contributed by atoms with Crippen molar-refractivity contribution in [2.24, 2.45) is 10.7 Å². The number of pyridine rings is 1. The molecule has 158 valence electrons. The number of carbonyl (C=O) groups is 1. The summed E-state index contributed by atoms with van der Waals surface area (Å²) in [6.07, 6.45) is 3.07. The maximum Gasteiger partial charge on any atom is 0.251 e. The highest BCUT2D eigenvalue weighted by molar-refractivity contribution is 6.16. The molecule has 1 aromatic heterocycles. The molecule has 2 aliphatic heterocycles. The number of methoxy groups -OCH3 is 1. The van der Waals surface area contributed by atoms with Crippen molar-refractivity contribution in [3.8, 4) is 11.5 Å². The number of ether oxygens (including phenoxy) is 2. The first-order chi connectivity index (χ1) is 14.0. The van der Waals surface area contributed by atoms with Crippen LogP contribution in [0, 0.1) is 0 Å². The van der Waals surface area contributed by atoms with Gasteiger partial charge in [-0.15, -0.1) is 0 Å². The molecule has 3 heterocycles. The predicted octanol–water partition coefficient (Wildman–Crippen LogP) is 2.23. The Morgan fingerprint density at radius 2 is 2.00 bits per heavy atom. The molecule has 0 saturated heterocycles. The molecule has 1 amide bonds. The molecule has 2 N–H and O–H groups in total. The van der Waals surface area contributed by atoms with Gasteiger partial charge in [-0.25, -0.2) is 0 Å². The van der Waals surface area contributed by atoms with Gasteiger partial charge in [0.1, 0.15) is 12.1 Å². The molecule has 0 bridgehead atoms. The Morgan fingerprint density at radius 3 is 2.63 bits per heavy atom. The number of hydrogen-bond acceptors (Lipinski definition) is 5. The maximum atomic E-state index is 12.6. The van der Waals surface area contributed by atoms with E-state index in [1.165, 1.54) is 10.6 Å². The Bertz CT molecular complexity index is 1140. The fourth-order valence-corrected chi connectivity index (χ4v) is 4.38. The number of aromatic nitrogens is 1. The Hall–Kier alpha value is -3.09. The molecule has 0 atom stereocenters. The van der Waals surface area contributed by atoms with Gasteiger partial charge in [-0.05, 0) is 51.8 Å². The van der Waals surface area contributed by atoms with Crippen LogP contribution in [0.3, 0.4) is 0 Å². The highest BCUT2D eigenvalue weighted by Crippen LogP contribution is 2.47. The lowest BCUT2D eigenvalue weighted by Crippen LogP contribution is -2.32. The molecule has 4 rings (SSSR count). The van der Waals surface area contributed by atoms with Gasteiger partial charge in [-0.1, -0.05) is 0 Å². The Balaban J connectivity index is 1.92. The van der Waals surface area contributed by atoms with Crippen molar-refractivity contribution in [2.75, 3.05) is 7.11 Å². The van der Waals surface area contributed by atoms with E-state index in [0.29, 0.717) is 5.56 Å². The molecule has 0 aliphatic carbocycles. The van der Waals surface area contributed by atoms with E-state index in [9.17, 15) is 9.59 Å². The Labute approximate surface area is 175 Å². The summed E-state index contributed by atoms with van der Waals surface area (Å²) in [4.78, 5) is 28.8. The zero-order valence-corrected chi connectivity index (χ0v) is 18.0. The van der Waals surface area contributed by atoms with Gasteiger partial charge >= 0.3 is 0 Å². The van der Waals surface area contributed by atoms with Crippen molar-refractivity contribution >= 4 is 11.6 Å². The van der Waals surface area contributed by atoms with Crippen molar-refractivity contribution in [2.45, 2.75) is 58.2 Å². The minimum absolute atomic E-state index is 0.151. The van der Waals surface area contributed by atoms with Gasteiger partial charge in [-0.3, -0.25) is 14.6 Å². The van der Waals surface area contributed by atoms with E-state index in [4.69, 9.17) is 20.2 Å². The average Bonchev–Trinajstić information content (AvgIpc) is 2.95. The molecule has 7 heteroatoms. The van der Waals surface area contributed by atoms with Gasteiger partial charge in [0.2, 0.25) is 5.91 Å². The van der Waals surface area contributed by atoms with Gasteiger partial charge in [0.25, 0.3) is 5.56 Å². The van der Waals surface area contributed by atoms with Crippen molar-refractivity contribution in [1.82, 2.24) is 4.57 Å². The number of aliphatic imine (C=N–C) groups is 1.